The van der Waals surface area contributed by atoms with Crippen LogP contribution >= 0.6 is 0 Å². The lowest BCUT2D eigenvalue weighted by Gasteiger charge is -2.28. The Morgan fingerprint density at radius 2 is 1.88 bits per heavy atom. The van der Waals surface area contributed by atoms with E-state index in [4.69, 9.17) is 0 Å². The first kappa shape index (κ1) is 11.0. The molecule has 1 unspecified atom stereocenters. The smallest absolute Gasteiger partial charge is 0.00923 e. The van der Waals surface area contributed by atoms with Gasteiger partial charge in [0.25, 0.3) is 0 Å². The second-order valence-corrected chi connectivity index (χ2v) is 6.39. The van der Waals surface area contributed by atoms with Gasteiger partial charge in [-0.3, -0.25) is 0 Å². The minimum Gasteiger partial charge on any atom is -0.317 e. The zero-order valence-corrected chi connectivity index (χ0v) is 10.7. The van der Waals surface area contributed by atoms with Gasteiger partial charge in [-0.1, -0.05) is 12.8 Å². The first-order chi connectivity index (χ1) is 7.80. The van der Waals surface area contributed by atoms with Crippen molar-refractivity contribution in [2.45, 2.75) is 51.0 Å². The van der Waals surface area contributed by atoms with E-state index in [0.717, 1.165) is 17.4 Å². The summed E-state index contributed by atoms with van der Waals surface area (Å²) < 4.78 is 0. The predicted octanol–water partition coefficient (Wildman–Crippen LogP) is 2.25. The molecule has 3 fully saturated rings. The van der Waals surface area contributed by atoms with Gasteiger partial charge in [-0.2, -0.15) is 0 Å². The summed E-state index contributed by atoms with van der Waals surface area (Å²) in [7, 11) is 2.36. The van der Waals surface area contributed by atoms with Crippen LogP contribution in [0.15, 0.2) is 0 Å². The van der Waals surface area contributed by atoms with E-state index in [1.807, 2.05) is 0 Å². The van der Waals surface area contributed by atoms with E-state index in [1.165, 1.54) is 64.6 Å². The number of hydrogen-bond acceptors (Lipinski definition) is 2. The van der Waals surface area contributed by atoms with Crippen molar-refractivity contribution in [2.75, 3.05) is 26.7 Å². The van der Waals surface area contributed by atoms with E-state index in [2.05, 4.69) is 17.3 Å². The summed E-state index contributed by atoms with van der Waals surface area (Å²) in [6, 6.07) is 0.916. The molecule has 92 valence electrons. The molecule has 1 heterocycles. The average Bonchev–Trinajstić information content (AvgIpc) is 2.78. The van der Waals surface area contributed by atoms with Gasteiger partial charge in [0.05, 0.1) is 0 Å². The van der Waals surface area contributed by atoms with Crippen molar-refractivity contribution in [2.24, 2.45) is 11.3 Å². The Hall–Kier alpha value is -0.0800. The molecule has 0 aromatic carbocycles. The van der Waals surface area contributed by atoms with Crippen LogP contribution in [0, 0.1) is 11.3 Å². The van der Waals surface area contributed by atoms with E-state index < -0.39 is 0 Å². The molecule has 2 heteroatoms. The first-order valence-corrected chi connectivity index (χ1v) is 7.21. The Morgan fingerprint density at radius 3 is 2.56 bits per heavy atom. The highest BCUT2D eigenvalue weighted by Crippen LogP contribution is 2.58. The van der Waals surface area contributed by atoms with Gasteiger partial charge in [0.1, 0.15) is 0 Å². The maximum Gasteiger partial charge on any atom is 0.00923 e. The van der Waals surface area contributed by atoms with Crippen molar-refractivity contribution in [1.29, 1.82) is 0 Å². The van der Waals surface area contributed by atoms with Gasteiger partial charge in [0.15, 0.2) is 0 Å². The fourth-order valence-corrected chi connectivity index (χ4v) is 4.07. The molecule has 0 bridgehead atoms. The van der Waals surface area contributed by atoms with E-state index in [0.29, 0.717) is 0 Å². The molecule has 2 nitrogen and oxygen atoms in total. The number of nitrogens with one attached hydrogen (secondary N) is 1. The Kier molecular flexibility index (Phi) is 2.97. The van der Waals surface area contributed by atoms with Gasteiger partial charge in [0, 0.05) is 12.6 Å². The fraction of sp³-hybridized carbons (Fsp3) is 1.00. The Morgan fingerprint density at radius 1 is 1.19 bits per heavy atom. The van der Waals surface area contributed by atoms with Crippen molar-refractivity contribution >= 4 is 0 Å². The highest BCUT2D eigenvalue weighted by Gasteiger charge is 2.53. The van der Waals surface area contributed by atoms with Crippen molar-refractivity contribution in [3.8, 4) is 0 Å². The van der Waals surface area contributed by atoms with Crippen LogP contribution in [-0.2, 0) is 0 Å². The second kappa shape index (κ2) is 4.30. The van der Waals surface area contributed by atoms with Gasteiger partial charge in [-0.05, 0) is 63.6 Å². The van der Waals surface area contributed by atoms with Gasteiger partial charge in [-0.25, -0.2) is 0 Å². The number of rotatable bonds is 3. The molecule has 0 amide bonds. The summed E-state index contributed by atoms with van der Waals surface area (Å²) in [6.45, 7) is 3.91. The van der Waals surface area contributed by atoms with Gasteiger partial charge >= 0.3 is 0 Å². The summed E-state index contributed by atoms with van der Waals surface area (Å²) in [4.78, 5) is 2.68. The largest absolute Gasteiger partial charge is 0.317 e. The lowest BCUT2D eigenvalue weighted by atomic mass is 9.92. The predicted molar refractivity (Wildman–Crippen MR) is 67.5 cm³/mol. The third-order valence-corrected chi connectivity index (χ3v) is 5.41. The Labute approximate surface area is 99.8 Å². The van der Waals surface area contributed by atoms with Crippen LogP contribution in [-0.4, -0.2) is 37.6 Å². The number of piperidine rings is 1. The summed E-state index contributed by atoms with van der Waals surface area (Å²) in [6.07, 6.45) is 10.2. The average molecular weight is 222 g/mol. The van der Waals surface area contributed by atoms with Crippen LogP contribution in [0.5, 0.6) is 0 Å². The molecule has 1 saturated heterocycles. The molecule has 0 aromatic rings. The normalized spacial score (nSPS) is 33.8. The molecule has 1 N–H and O–H groups in total. The third kappa shape index (κ3) is 2.02. The molecule has 16 heavy (non-hydrogen) atoms. The van der Waals surface area contributed by atoms with Crippen molar-refractivity contribution in [3.63, 3.8) is 0 Å². The maximum atomic E-state index is 3.50. The SMILES string of the molecule is CN(CC1CC12CCNCC2)C1CCCC1. The molecule has 1 spiro atoms. The minimum absolute atomic E-state index is 0.776. The zero-order chi connectivity index (χ0) is 11.0. The molecule has 1 atom stereocenters. The molecule has 0 aromatic heterocycles. The zero-order valence-electron chi connectivity index (χ0n) is 10.7. The monoisotopic (exact) mass is 222 g/mol. The van der Waals surface area contributed by atoms with Crippen molar-refractivity contribution < 1.29 is 0 Å². The minimum atomic E-state index is 0.776. The summed E-state index contributed by atoms with van der Waals surface area (Å²) in [5.41, 5.74) is 0.776. The number of hydrogen-bond donors (Lipinski definition) is 1. The standard InChI is InChI=1S/C14H26N2/c1-16(13-4-2-3-5-13)11-12-10-14(12)6-8-15-9-7-14/h12-13,15H,2-11H2,1H3. The number of nitrogens with zero attached hydrogens (tertiary/aromatic N) is 1. The van der Waals surface area contributed by atoms with E-state index in [1.54, 1.807) is 0 Å². The molecule has 0 radical (unpaired) electrons. The molecule has 2 saturated carbocycles. The Balaban J connectivity index is 1.49. The topological polar surface area (TPSA) is 15.3 Å². The first-order valence-electron chi connectivity index (χ1n) is 7.21. The summed E-state index contributed by atoms with van der Waals surface area (Å²) in [5.74, 6) is 1.03. The van der Waals surface area contributed by atoms with Crippen molar-refractivity contribution in [1.82, 2.24) is 10.2 Å². The summed E-state index contributed by atoms with van der Waals surface area (Å²) in [5, 5.41) is 3.50. The van der Waals surface area contributed by atoms with Crippen LogP contribution in [0.3, 0.4) is 0 Å². The third-order valence-electron chi connectivity index (χ3n) is 5.41. The van der Waals surface area contributed by atoms with Crippen LogP contribution in [0.1, 0.15) is 44.9 Å². The highest BCUT2D eigenvalue weighted by atomic mass is 15.1. The molecular formula is C14H26N2. The highest BCUT2D eigenvalue weighted by molar-refractivity contribution is 5.05. The molecule has 3 rings (SSSR count). The quantitative estimate of drug-likeness (QED) is 0.788. The lowest BCUT2D eigenvalue weighted by molar-refractivity contribution is 0.210. The Bertz CT molecular complexity index is 239. The molecule has 3 aliphatic rings. The second-order valence-electron chi connectivity index (χ2n) is 6.39. The van der Waals surface area contributed by atoms with Gasteiger partial charge < -0.3 is 10.2 Å². The molecular weight excluding hydrogens is 196 g/mol. The fourth-order valence-electron chi connectivity index (χ4n) is 4.07. The van der Waals surface area contributed by atoms with Crippen LogP contribution < -0.4 is 5.32 Å². The van der Waals surface area contributed by atoms with E-state index >= 15 is 0 Å². The van der Waals surface area contributed by atoms with Crippen LogP contribution in [0.2, 0.25) is 0 Å². The van der Waals surface area contributed by atoms with Gasteiger partial charge in [0.2, 0.25) is 0 Å². The van der Waals surface area contributed by atoms with Gasteiger partial charge in [-0.15, -0.1) is 0 Å². The van der Waals surface area contributed by atoms with E-state index in [9.17, 15) is 0 Å². The maximum absolute atomic E-state index is 3.50. The van der Waals surface area contributed by atoms with Crippen LogP contribution in [0.25, 0.3) is 0 Å². The van der Waals surface area contributed by atoms with Crippen molar-refractivity contribution in [3.05, 3.63) is 0 Å². The van der Waals surface area contributed by atoms with E-state index in [-0.39, 0.29) is 0 Å². The molecule has 2 aliphatic carbocycles. The summed E-state index contributed by atoms with van der Waals surface area (Å²) >= 11 is 0. The lowest BCUT2D eigenvalue weighted by Crippen LogP contribution is -2.34. The van der Waals surface area contributed by atoms with Crippen LogP contribution in [0.4, 0.5) is 0 Å². The molecule has 1 aliphatic heterocycles.